The minimum absolute atomic E-state index is 0.0430. The van der Waals surface area contributed by atoms with E-state index in [1.165, 1.54) is 12.2 Å². The quantitative estimate of drug-likeness (QED) is 0.717. The number of carbonyl (C=O) groups is 1. The number of hydrogen-bond donors (Lipinski definition) is 1. The third-order valence-electron chi connectivity index (χ3n) is 5.85. The van der Waals surface area contributed by atoms with Gasteiger partial charge in [0.15, 0.2) is 0 Å². The molecule has 1 amide bonds. The van der Waals surface area contributed by atoms with E-state index in [1.807, 2.05) is 41.8 Å². The number of alkyl halides is 3. The molecule has 0 bridgehead atoms. The van der Waals surface area contributed by atoms with Crippen LogP contribution in [0.2, 0.25) is 0 Å². The molecule has 0 spiro atoms. The summed E-state index contributed by atoms with van der Waals surface area (Å²) in [6.45, 7) is 7.51. The Morgan fingerprint density at radius 2 is 1.89 bits per heavy atom. The number of carbonyl (C=O) groups excluding carboxylic acids is 1. The van der Waals surface area contributed by atoms with Crippen molar-refractivity contribution in [2.45, 2.75) is 77.2 Å². The third-order valence-corrected chi connectivity index (χ3v) is 5.85. The molecule has 2 aliphatic rings. The fourth-order valence-electron chi connectivity index (χ4n) is 4.20. The van der Waals surface area contributed by atoms with Gasteiger partial charge in [-0.1, -0.05) is 25.2 Å². The predicted octanol–water partition coefficient (Wildman–Crippen LogP) is 5.06. The van der Waals surface area contributed by atoms with Crippen molar-refractivity contribution in [1.29, 1.82) is 0 Å². The van der Waals surface area contributed by atoms with Gasteiger partial charge in [-0.2, -0.15) is 13.2 Å². The Morgan fingerprint density at radius 3 is 2.36 bits per heavy atom. The maximum Gasteiger partial charge on any atom is 0.416 e. The zero-order chi connectivity index (χ0) is 21.3. The van der Waals surface area contributed by atoms with E-state index >= 15 is 0 Å². The fraction of sp³-hybridized carbons (Fsp3) is 0.762. The fourth-order valence-corrected chi connectivity index (χ4v) is 4.20. The first-order valence-corrected chi connectivity index (χ1v) is 9.84. The molecule has 0 heterocycles. The first-order chi connectivity index (χ1) is 12.7. The van der Waals surface area contributed by atoms with Crippen LogP contribution in [-0.4, -0.2) is 48.9 Å². The molecule has 0 aliphatic heterocycles. The Morgan fingerprint density at radius 1 is 1.25 bits per heavy atom. The van der Waals surface area contributed by atoms with Crippen LogP contribution in [0, 0.1) is 11.3 Å². The van der Waals surface area contributed by atoms with Gasteiger partial charge in [0.1, 0.15) is 5.60 Å². The highest BCUT2D eigenvalue weighted by Gasteiger charge is 2.43. The molecule has 2 aliphatic carbocycles. The highest BCUT2D eigenvalue weighted by atomic mass is 19.4. The summed E-state index contributed by atoms with van der Waals surface area (Å²) in [7, 11) is 3.94. The SMILES string of the molecule is CN(C)[C@H]1C[C@@H](C2(C)C=CC(C(F)(F)F)=CC2)CC[C@@H]1NC(=O)OC(C)(C)C. The Bertz CT molecular complexity index is 635. The maximum absolute atomic E-state index is 12.9. The zero-order valence-corrected chi connectivity index (χ0v) is 17.7. The molecule has 0 aromatic heterocycles. The second-order valence-electron chi connectivity index (χ2n) is 9.49. The lowest BCUT2D eigenvalue weighted by molar-refractivity contribution is -0.0891. The number of rotatable bonds is 3. The molecule has 4 atom stereocenters. The van der Waals surface area contributed by atoms with Crippen molar-refractivity contribution in [2.24, 2.45) is 11.3 Å². The van der Waals surface area contributed by atoms with Gasteiger partial charge in [-0.15, -0.1) is 0 Å². The Kier molecular flexibility index (Phi) is 6.58. The highest BCUT2D eigenvalue weighted by molar-refractivity contribution is 5.68. The van der Waals surface area contributed by atoms with E-state index in [0.29, 0.717) is 6.42 Å². The number of amides is 1. The molecular formula is C21H33F3N2O2. The Hall–Kier alpha value is -1.50. The number of ether oxygens (including phenoxy) is 1. The van der Waals surface area contributed by atoms with Gasteiger partial charge in [0.2, 0.25) is 0 Å². The summed E-state index contributed by atoms with van der Waals surface area (Å²) in [5.41, 5.74) is -1.42. The van der Waals surface area contributed by atoms with E-state index in [9.17, 15) is 18.0 Å². The van der Waals surface area contributed by atoms with E-state index in [0.717, 1.165) is 19.3 Å². The van der Waals surface area contributed by atoms with Crippen molar-refractivity contribution in [3.8, 4) is 0 Å². The number of likely N-dealkylation sites (N-methyl/N-ethyl adjacent to an activating group) is 1. The predicted molar refractivity (Wildman–Crippen MR) is 104 cm³/mol. The lowest BCUT2D eigenvalue weighted by atomic mass is 9.64. The van der Waals surface area contributed by atoms with Gasteiger partial charge in [-0.3, -0.25) is 0 Å². The van der Waals surface area contributed by atoms with E-state index in [2.05, 4.69) is 10.2 Å². The summed E-state index contributed by atoms with van der Waals surface area (Å²) in [4.78, 5) is 14.3. The van der Waals surface area contributed by atoms with Gasteiger partial charge >= 0.3 is 12.3 Å². The van der Waals surface area contributed by atoms with Crippen LogP contribution in [0.15, 0.2) is 23.8 Å². The minimum atomic E-state index is -4.29. The highest BCUT2D eigenvalue weighted by Crippen LogP contribution is 2.46. The summed E-state index contributed by atoms with van der Waals surface area (Å²) < 4.78 is 44.1. The molecule has 28 heavy (non-hydrogen) atoms. The van der Waals surface area contributed by atoms with Gasteiger partial charge < -0.3 is 15.0 Å². The molecule has 0 aromatic carbocycles. The van der Waals surface area contributed by atoms with E-state index in [4.69, 9.17) is 4.74 Å². The average molecular weight is 403 g/mol. The van der Waals surface area contributed by atoms with Gasteiger partial charge in [-0.25, -0.2) is 4.79 Å². The topological polar surface area (TPSA) is 41.6 Å². The molecule has 160 valence electrons. The van der Waals surface area contributed by atoms with Gasteiger partial charge in [0.05, 0.1) is 5.57 Å². The molecule has 1 fully saturated rings. The molecule has 7 heteroatoms. The second-order valence-corrected chi connectivity index (χ2v) is 9.49. The number of alkyl carbamates (subject to hydrolysis) is 1. The molecule has 0 radical (unpaired) electrons. The van der Waals surface area contributed by atoms with Gasteiger partial charge in [0, 0.05) is 12.1 Å². The second kappa shape index (κ2) is 8.09. The van der Waals surface area contributed by atoms with E-state index in [1.54, 1.807) is 6.08 Å². The van der Waals surface area contributed by atoms with Crippen LogP contribution < -0.4 is 5.32 Å². The lowest BCUT2D eigenvalue weighted by Gasteiger charge is -2.46. The van der Waals surface area contributed by atoms with Crippen LogP contribution in [-0.2, 0) is 4.74 Å². The van der Waals surface area contributed by atoms with Crippen LogP contribution in [0.25, 0.3) is 0 Å². The van der Waals surface area contributed by atoms with Gasteiger partial charge in [0.25, 0.3) is 0 Å². The smallest absolute Gasteiger partial charge is 0.416 e. The minimum Gasteiger partial charge on any atom is -0.444 e. The van der Waals surface area contributed by atoms with Crippen LogP contribution in [0.5, 0.6) is 0 Å². The summed E-state index contributed by atoms with van der Waals surface area (Å²) in [6, 6.07) is 0.0584. The summed E-state index contributed by atoms with van der Waals surface area (Å²) in [5.74, 6) is 0.249. The van der Waals surface area contributed by atoms with Crippen LogP contribution in [0.4, 0.5) is 18.0 Å². The standard InChI is InChI=1S/C21H33F3N2O2/c1-19(2,3)28-18(27)25-16-8-7-15(13-17(16)26(5)6)20(4)11-9-14(10-12-20)21(22,23)24/h9-11,15-17H,7-8,12-13H2,1-6H3,(H,25,27)/t15-,16-,17-,20?/m0/s1. The monoisotopic (exact) mass is 402 g/mol. The van der Waals surface area contributed by atoms with Crippen molar-refractivity contribution < 1.29 is 22.7 Å². The van der Waals surface area contributed by atoms with Crippen LogP contribution in [0.3, 0.4) is 0 Å². The zero-order valence-electron chi connectivity index (χ0n) is 17.7. The van der Waals surface area contributed by atoms with Crippen molar-refractivity contribution >= 4 is 6.09 Å². The van der Waals surface area contributed by atoms with Gasteiger partial charge in [-0.05, 0) is 71.9 Å². The number of allylic oxidation sites excluding steroid dienone is 4. The molecule has 0 saturated heterocycles. The molecule has 0 aromatic rings. The first-order valence-electron chi connectivity index (χ1n) is 9.84. The van der Waals surface area contributed by atoms with Crippen molar-refractivity contribution in [3.05, 3.63) is 23.8 Å². The van der Waals surface area contributed by atoms with Crippen molar-refractivity contribution in [3.63, 3.8) is 0 Å². The van der Waals surface area contributed by atoms with Crippen molar-refractivity contribution in [1.82, 2.24) is 10.2 Å². The number of nitrogens with one attached hydrogen (secondary N) is 1. The van der Waals surface area contributed by atoms with Crippen molar-refractivity contribution in [2.75, 3.05) is 14.1 Å². The number of nitrogens with zero attached hydrogens (tertiary/aromatic N) is 1. The number of halogens is 3. The van der Waals surface area contributed by atoms with E-state index < -0.39 is 23.4 Å². The molecular weight excluding hydrogens is 369 g/mol. The molecule has 1 N–H and O–H groups in total. The third kappa shape index (κ3) is 5.75. The van der Waals surface area contributed by atoms with E-state index in [-0.39, 0.29) is 23.4 Å². The molecule has 2 rings (SSSR count). The Balaban J connectivity index is 2.05. The average Bonchev–Trinajstić information content (AvgIpc) is 2.52. The lowest BCUT2D eigenvalue weighted by Crippen LogP contribution is -2.54. The summed E-state index contributed by atoms with van der Waals surface area (Å²) >= 11 is 0. The number of hydrogen-bond acceptors (Lipinski definition) is 3. The molecule has 1 saturated carbocycles. The normalized spacial score (nSPS) is 31.5. The summed E-state index contributed by atoms with van der Waals surface area (Å²) in [5, 5.41) is 2.99. The maximum atomic E-state index is 12.9. The molecule has 1 unspecified atom stereocenters. The van der Waals surface area contributed by atoms with Crippen LogP contribution >= 0.6 is 0 Å². The largest absolute Gasteiger partial charge is 0.444 e. The van der Waals surface area contributed by atoms with Crippen LogP contribution in [0.1, 0.15) is 53.4 Å². The molecule has 4 nitrogen and oxygen atoms in total. The summed E-state index contributed by atoms with van der Waals surface area (Å²) in [6.07, 6.45) is 2.36. The Labute approximate surface area is 166 Å². The first kappa shape index (κ1) is 22.8.